The van der Waals surface area contributed by atoms with E-state index in [-0.39, 0.29) is 43.5 Å². The summed E-state index contributed by atoms with van der Waals surface area (Å²) < 4.78 is 4.19. The normalized spacial score (nSPS) is 12.0. The first-order valence-electron chi connectivity index (χ1n) is 14.7. The maximum Gasteiger partial charge on any atom is 0 e. The minimum Gasteiger partial charge on any atom is 0 e. The molecule has 2 heterocycles. The summed E-state index contributed by atoms with van der Waals surface area (Å²) in [4.78, 5) is 16.4. The Hall–Kier alpha value is -1.79. The van der Waals surface area contributed by atoms with Gasteiger partial charge in [0.25, 0.3) is 0 Å². The molecular weight excluding hydrogens is 763 g/mol. The van der Waals surface area contributed by atoms with Gasteiger partial charge in [-0.3, -0.25) is 4.79 Å². The number of thiophene rings is 1. The summed E-state index contributed by atoms with van der Waals surface area (Å²) in [5.41, 5.74) is 4.58. The van der Waals surface area contributed by atoms with E-state index in [1.54, 1.807) is 4.40 Å². The number of aliphatic hydroxyl groups is 1. The van der Waals surface area contributed by atoms with Gasteiger partial charge in [0.1, 0.15) is 0 Å². The number of rotatable bonds is 9. The number of hydrogen-bond acceptors (Lipinski definition) is 4. The van der Waals surface area contributed by atoms with E-state index in [2.05, 4.69) is 73.6 Å². The fourth-order valence-electron chi connectivity index (χ4n) is 5.16. The third-order valence-electron chi connectivity index (χ3n) is 7.74. The van der Waals surface area contributed by atoms with Crippen LogP contribution >= 0.6 is 11.3 Å². The van der Waals surface area contributed by atoms with Crippen LogP contribution in [0.3, 0.4) is 0 Å². The van der Waals surface area contributed by atoms with Gasteiger partial charge in [0.05, 0.1) is 5.76 Å². The molecular formula is C35H46GeIrNO2S-. The molecule has 0 atom stereocenters. The van der Waals surface area contributed by atoms with Gasteiger partial charge in [-0.05, 0) is 25.7 Å². The Morgan fingerprint density at radius 2 is 1.59 bits per heavy atom. The fourth-order valence-corrected chi connectivity index (χ4v) is 8.78. The third-order valence-corrected chi connectivity index (χ3v) is 13.2. The summed E-state index contributed by atoms with van der Waals surface area (Å²) in [6.07, 6.45) is 6.85. The molecule has 2 aromatic heterocycles. The van der Waals surface area contributed by atoms with E-state index in [0.29, 0.717) is 0 Å². The Morgan fingerprint density at radius 3 is 2.15 bits per heavy atom. The van der Waals surface area contributed by atoms with Crippen LogP contribution in [0.5, 0.6) is 0 Å². The van der Waals surface area contributed by atoms with Crippen LogP contribution < -0.4 is 4.40 Å². The number of nitrogens with zero attached hydrogens (tertiary/aromatic N) is 1. The van der Waals surface area contributed by atoms with Crippen molar-refractivity contribution in [3.63, 3.8) is 0 Å². The standard InChI is InChI=1S/C22H22GeNS.C13H24O2.Ir/c1-14-10-15(2)12-16(11-14)21-22-18(8-9-24-21)19-13-17(23(3,4)5)6-7-20(19)25-22;1-5-10(6-2)12(14)9-13(15)11(7-3)8-4;/h6-11,13H,1-5H3;9-11,14H,5-8H2,1-4H3;/q-1;;/b;12-9-;. The van der Waals surface area contributed by atoms with Gasteiger partial charge in [0, 0.05) is 38.0 Å². The van der Waals surface area contributed by atoms with Crippen LogP contribution in [0.15, 0.2) is 54.4 Å². The quantitative estimate of drug-likeness (QED) is 0.0793. The molecule has 223 valence electrons. The van der Waals surface area contributed by atoms with Crippen LogP contribution in [0.1, 0.15) is 64.5 Å². The summed E-state index contributed by atoms with van der Waals surface area (Å²) in [5, 5.41) is 12.5. The molecule has 2 aromatic carbocycles. The van der Waals surface area contributed by atoms with E-state index in [4.69, 9.17) is 4.98 Å². The van der Waals surface area contributed by atoms with Gasteiger partial charge in [0.15, 0.2) is 5.78 Å². The molecule has 0 aliphatic carbocycles. The van der Waals surface area contributed by atoms with Gasteiger partial charge < -0.3 is 5.11 Å². The van der Waals surface area contributed by atoms with Crippen molar-refractivity contribution in [3.8, 4) is 11.3 Å². The zero-order valence-corrected chi connectivity index (χ0v) is 31.5. The molecule has 0 aliphatic rings. The zero-order chi connectivity index (χ0) is 29.6. The number of carbonyl (C=O) groups excluding carboxylic acids is 1. The van der Waals surface area contributed by atoms with Crippen LogP contribution in [-0.2, 0) is 24.9 Å². The topological polar surface area (TPSA) is 50.2 Å². The average molecular weight is 810 g/mol. The first-order valence-corrected chi connectivity index (χ1v) is 22.9. The van der Waals surface area contributed by atoms with Gasteiger partial charge in [0.2, 0.25) is 0 Å². The second-order valence-electron chi connectivity index (χ2n) is 11.9. The Labute approximate surface area is 267 Å². The number of hydrogen-bond donors (Lipinski definition) is 1. The second kappa shape index (κ2) is 15.6. The molecule has 0 amide bonds. The predicted octanol–water partition coefficient (Wildman–Crippen LogP) is 9.95. The first-order chi connectivity index (χ1) is 18.9. The van der Waals surface area contributed by atoms with E-state index >= 15 is 0 Å². The molecule has 3 nitrogen and oxygen atoms in total. The molecule has 0 unspecified atom stereocenters. The van der Waals surface area contributed by atoms with Gasteiger partial charge in [-0.25, -0.2) is 0 Å². The zero-order valence-electron chi connectivity index (χ0n) is 26.1. The Bertz CT molecular complexity index is 1470. The van der Waals surface area contributed by atoms with Crippen molar-refractivity contribution in [2.24, 2.45) is 11.8 Å². The summed E-state index contributed by atoms with van der Waals surface area (Å²) in [7, 11) is 0. The summed E-state index contributed by atoms with van der Waals surface area (Å²) in [5.74, 6) is 7.90. The van der Waals surface area contributed by atoms with Crippen LogP contribution in [0.4, 0.5) is 0 Å². The van der Waals surface area contributed by atoms with Gasteiger partial charge in [-0.1, -0.05) is 27.7 Å². The molecule has 0 saturated heterocycles. The molecule has 1 N–H and O–H groups in total. The molecule has 0 fully saturated rings. The van der Waals surface area contributed by atoms with E-state index < -0.39 is 13.3 Å². The number of allylic oxidation sites excluding steroid dienone is 2. The fraction of sp³-hybridized carbons (Fsp3) is 0.429. The van der Waals surface area contributed by atoms with Crippen molar-refractivity contribution in [2.75, 3.05) is 0 Å². The maximum absolute atomic E-state index is 11.7. The van der Waals surface area contributed by atoms with E-state index in [1.807, 2.05) is 45.2 Å². The van der Waals surface area contributed by atoms with Crippen molar-refractivity contribution in [2.45, 2.75) is 84.5 Å². The summed E-state index contributed by atoms with van der Waals surface area (Å²) >= 11 is 0.0160. The van der Waals surface area contributed by atoms with E-state index in [9.17, 15) is 9.90 Å². The van der Waals surface area contributed by atoms with Crippen LogP contribution in [0.25, 0.3) is 31.4 Å². The number of aromatic nitrogens is 1. The minimum absolute atomic E-state index is 0. The molecule has 41 heavy (non-hydrogen) atoms. The molecule has 4 aromatic rings. The van der Waals surface area contributed by atoms with E-state index in [1.165, 1.54) is 31.8 Å². The smallest absolute Gasteiger partial charge is 0 e. The summed E-state index contributed by atoms with van der Waals surface area (Å²) in [6.45, 7) is 12.3. The molecule has 6 heteroatoms. The maximum atomic E-state index is 11.7. The average Bonchev–Trinajstić information content (AvgIpc) is 3.27. The molecule has 4 rings (SSSR count). The first kappa shape index (κ1) is 35.4. The number of ketones is 1. The Kier molecular flexibility index (Phi) is 13.5. The van der Waals surface area contributed by atoms with Crippen LogP contribution in [-0.4, -0.2) is 29.1 Å². The van der Waals surface area contributed by atoms with Crippen molar-refractivity contribution in [3.05, 3.63) is 71.6 Å². The second-order valence-corrected chi connectivity index (χ2v) is 23.6. The molecule has 0 aliphatic heterocycles. The number of carbonyl (C=O) groups is 1. The molecule has 0 saturated carbocycles. The van der Waals surface area contributed by atoms with Crippen molar-refractivity contribution < 1.29 is 30.0 Å². The predicted molar refractivity (Wildman–Crippen MR) is 178 cm³/mol. The number of benzene rings is 2. The number of aliphatic hydroxyl groups excluding tert-OH is 1. The summed E-state index contributed by atoms with van der Waals surface area (Å²) in [6, 6.07) is 17.1. The minimum atomic E-state index is -1.84. The van der Waals surface area contributed by atoms with Crippen LogP contribution in [0.2, 0.25) is 17.3 Å². The van der Waals surface area contributed by atoms with Gasteiger partial charge in [-0.2, -0.15) is 0 Å². The van der Waals surface area contributed by atoms with Gasteiger partial charge >= 0.3 is 156 Å². The number of pyridine rings is 1. The van der Waals surface area contributed by atoms with E-state index in [0.717, 1.165) is 42.5 Å². The molecule has 0 bridgehead atoms. The van der Waals surface area contributed by atoms with Crippen molar-refractivity contribution in [1.29, 1.82) is 0 Å². The number of aryl methyl sites for hydroxylation is 2. The number of fused-ring (bicyclic) bond motifs is 3. The SMILES string of the molecule is CCC(CC)C(=O)/C=C(\O)C(CC)CC.Cc1[c-]c(-c2nccc3c2sc2cc[c]([Ge]([CH3])([CH3])[CH3])cc23)cc(C)c1.[Ir]. The molecule has 0 spiro atoms. The van der Waals surface area contributed by atoms with Gasteiger partial charge in [-0.15, -0.1) is 0 Å². The van der Waals surface area contributed by atoms with Crippen molar-refractivity contribution >= 4 is 55.0 Å². The Morgan fingerprint density at radius 1 is 0.951 bits per heavy atom. The third kappa shape index (κ3) is 8.86. The molecule has 1 radical (unpaired) electrons. The monoisotopic (exact) mass is 811 g/mol. The Balaban J connectivity index is 0.000000320. The van der Waals surface area contributed by atoms with Crippen LogP contribution in [0, 0.1) is 31.7 Å². The largest absolute Gasteiger partial charge is 0 e. The van der Waals surface area contributed by atoms with Crippen molar-refractivity contribution in [1.82, 2.24) is 4.98 Å².